The van der Waals surface area contributed by atoms with Crippen LogP contribution < -0.4 is 11.1 Å². The van der Waals surface area contributed by atoms with Crippen molar-refractivity contribution >= 4 is 49.8 Å². The van der Waals surface area contributed by atoms with Crippen molar-refractivity contribution in [2.45, 2.75) is 0 Å². The molecule has 0 atom stereocenters. The van der Waals surface area contributed by atoms with Crippen LogP contribution in [-0.4, -0.2) is 20.2 Å². The summed E-state index contributed by atoms with van der Waals surface area (Å²) in [6.07, 6.45) is 1.78. The van der Waals surface area contributed by atoms with Gasteiger partial charge in [-0.1, -0.05) is 30.3 Å². The molecule has 0 aliphatic rings. The minimum Gasteiger partial charge on any atom is -0.383 e. The first-order valence-electron chi connectivity index (χ1n) is 8.10. The highest BCUT2D eigenvalue weighted by atomic mass is 32.1. The van der Waals surface area contributed by atoms with E-state index in [4.69, 9.17) is 10.7 Å². The Bertz CT molecular complexity index is 1200. The second kappa shape index (κ2) is 5.82. The second-order valence-electron chi connectivity index (χ2n) is 5.85. The van der Waals surface area contributed by atoms with Gasteiger partial charge >= 0.3 is 0 Å². The number of fused-ring (bicyclic) bond motifs is 2. The Balaban J connectivity index is 1.62. The van der Waals surface area contributed by atoms with Gasteiger partial charge in [0.1, 0.15) is 10.8 Å². The van der Waals surface area contributed by atoms with Crippen LogP contribution in [0.25, 0.3) is 31.7 Å². The predicted molar refractivity (Wildman–Crippen MR) is 107 cm³/mol. The van der Waals surface area contributed by atoms with E-state index in [0.717, 1.165) is 37.4 Å². The van der Waals surface area contributed by atoms with Gasteiger partial charge in [0.25, 0.3) is 0 Å². The molecule has 0 unspecified atom stereocenters. The van der Waals surface area contributed by atoms with Crippen LogP contribution in [0, 0.1) is 0 Å². The molecule has 5 rings (SSSR count). The van der Waals surface area contributed by atoms with Gasteiger partial charge in [0.15, 0.2) is 5.82 Å². The summed E-state index contributed by atoms with van der Waals surface area (Å²) in [7, 11) is 0. The number of pyridine rings is 1. The largest absolute Gasteiger partial charge is 0.383 e. The van der Waals surface area contributed by atoms with E-state index in [-0.39, 0.29) is 0 Å². The van der Waals surface area contributed by atoms with Crippen molar-refractivity contribution in [3.63, 3.8) is 0 Å². The highest BCUT2D eigenvalue weighted by Crippen LogP contribution is 2.38. The van der Waals surface area contributed by atoms with Gasteiger partial charge in [0, 0.05) is 11.6 Å². The van der Waals surface area contributed by atoms with Crippen LogP contribution >= 0.6 is 11.3 Å². The van der Waals surface area contributed by atoms with Crippen LogP contribution in [0.2, 0.25) is 0 Å². The number of benzene rings is 2. The van der Waals surface area contributed by atoms with E-state index in [9.17, 15) is 0 Å². The number of nitrogens with zero attached hydrogens (tertiary/aromatic N) is 3. The van der Waals surface area contributed by atoms with Crippen LogP contribution in [0.1, 0.15) is 0 Å². The lowest BCUT2D eigenvalue weighted by molar-refractivity contribution is 1.10. The molecular formula is C19H14N6S. The van der Waals surface area contributed by atoms with Gasteiger partial charge < -0.3 is 11.1 Å². The van der Waals surface area contributed by atoms with E-state index in [1.54, 1.807) is 17.5 Å². The maximum atomic E-state index is 6.15. The molecule has 2 aromatic carbocycles. The molecule has 5 aromatic rings. The number of nitrogen functional groups attached to an aromatic ring is 1. The number of aromatic amines is 1. The zero-order valence-electron chi connectivity index (χ0n) is 13.6. The first-order valence-corrected chi connectivity index (χ1v) is 8.92. The van der Waals surface area contributed by atoms with Crippen molar-refractivity contribution in [1.29, 1.82) is 0 Å². The predicted octanol–water partition coefficient (Wildman–Crippen LogP) is 4.56. The van der Waals surface area contributed by atoms with E-state index in [2.05, 4.69) is 26.6 Å². The van der Waals surface area contributed by atoms with Crippen LogP contribution in [0.4, 0.5) is 17.3 Å². The zero-order chi connectivity index (χ0) is 17.5. The van der Waals surface area contributed by atoms with Crippen molar-refractivity contribution in [3.05, 3.63) is 60.8 Å². The minimum absolute atomic E-state index is 0.486. The van der Waals surface area contributed by atoms with Gasteiger partial charge in [-0.2, -0.15) is 5.10 Å². The molecule has 0 fully saturated rings. The Hall–Kier alpha value is -3.45. The number of aromatic nitrogens is 4. The lowest BCUT2D eigenvalue weighted by atomic mass is 10.2. The number of rotatable bonds is 3. The summed E-state index contributed by atoms with van der Waals surface area (Å²) in [6.45, 7) is 0. The lowest BCUT2D eigenvalue weighted by Gasteiger charge is -2.08. The molecule has 26 heavy (non-hydrogen) atoms. The van der Waals surface area contributed by atoms with E-state index in [1.807, 2.05) is 48.5 Å². The van der Waals surface area contributed by atoms with Gasteiger partial charge in [0.05, 0.1) is 27.0 Å². The summed E-state index contributed by atoms with van der Waals surface area (Å²) >= 11 is 1.59. The van der Waals surface area contributed by atoms with Crippen molar-refractivity contribution in [2.75, 3.05) is 11.1 Å². The van der Waals surface area contributed by atoms with Crippen molar-refractivity contribution in [3.8, 4) is 10.6 Å². The number of anilines is 3. The molecule has 0 spiro atoms. The number of H-pyrrole nitrogens is 1. The summed E-state index contributed by atoms with van der Waals surface area (Å²) in [4.78, 5) is 9.18. The number of nitrogens with one attached hydrogen (secondary N) is 2. The second-order valence-corrected chi connectivity index (χ2v) is 6.88. The molecule has 0 aliphatic carbocycles. The molecule has 0 bridgehead atoms. The lowest BCUT2D eigenvalue weighted by Crippen LogP contribution is -1.95. The molecule has 7 heteroatoms. The molecule has 0 saturated heterocycles. The zero-order valence-corrected chi connectivity index (χ0v) is 14.4. The Labute approximate surface area is 152 Å². The monoisotopic (exact) mass is 358 g/mol. The summed E-state index contributed by atoms with van der Waals surface area (Å²) in [5.74, 6) is 1.12. The molecule has 4 N–H and O–H groups in total. The minimum atomic E-state index is 0.486. The molecule has 126 valence electrons. The van der Waals surface area contributed by atoms with Crippen LogP contribution in [0.5, 0.6) is 0 Å². The fourth-order valence-electron chi connectivity index (χ4n) is 2.97. The Morgan fingerprint density at radius 3 is 2.81 bits per heavy atom. The van der Waals surface area contributed by atoms with Gasteiger partial charge in [-0.3, -0.25) is 10.1 Å². The van der Waals surface area contributed by atoms with Gasteiger partial charge in [-0.15, -0.1) is 11.3 Å². The number of nitrogens with two attached hydrogens (primary N) is 1. The van der Waals surface area contributed by atoms with E-state index in [0.29, 0.717) is 11.6 Å². The maximum absolute atomic E-state index is 6.15. The van der Waals surface area contributed by atoms with Crippen LogP contribution in [0.3, 0.4) is 0 Å². The smallest absolute Gasteiger partial charge is 0.164 e. The summed E-state index contributed by atoms with van der Waals surface area (Å²) < 4.78 is 1.11. The molecule has 6 nitrogen and oxygen atoms in total. The van der Waals surface area contributed by atoms with Gasteiger partial charge in [-0.25, -0.2) is 4.98 Å². The molecular weight excluding hydrogens is 344 g/mol. The summed E-state index contributed by atoms with van der Waals surface area (Å²) in [5, 5.41) is 12.4. The highest BCUT2D eigenvalue weighted by molar-refractivity contribution is 7.21. The number of thiazole rings is 1. The average molecular weight is 358 g/mol. The standard InChI is InChI=1S/C19H14N6S/c20-17-15(19-23-12-7-1-2-9-14(12)26-19)18(25-24-17)22-13-8-3-5-11-6-4-10-21-16(11)13/h1-10H,(H4,20,22,24,25). The van der Waals surface area contributed by atoms with Gasteiger partial charge in [0.2, 0.25) is 0 Å². The first kappa shape index (κ1) is 14.9. The topological polar surface area (TPSA) is 92.5 Å². The number of hydrogen-bond donors (Lipinski definition) is 3. The molecule has 0 amide bonds. The van der Waals surface area contributed by atoms with Crippen molar-refractivity contribution in [2.24, 2.45) is 0 Å². The van der Waals surface area contributed by atoms with Crippen LogP contribution in [0.15, 0.2) is 60.8 Å². The third-order valence-electron chi connectivity index (χ3n) is 4.19. The maximum Gasteiger partial charge on any atom is 0.164 e. The summed E-state index contributed by atoms with van der Waals surface area (Å²) in [5.41, 5.74) is 9.63. The Kier molecular flexibility index (Phi) is 3.32. The number of hydrogen-bond acceptors (Lipinski definition) is 6. The van der Waals surface area contributed by atoms with Gasteiger partial charge in [-0.05, 0) is 24.3 Å². The molecule has 0 radical (unpaired) electrons. The fourth-order valence-corrected chi connectivity index (χ4v) is 4.00. The Morgan fingerprint density at radius 2 is 1.88 bits per heavy atom. The van der Waals surface area contributed by atoms with Crippen molar-refractivity contribution < 1.29 is 0 Å². The van der Waals surface area contributed by atoms with E-state index < -0.39 is 0 Å². The molecule has 3 aromatic heterocycles. The Morgan fingerprint density at radius 1 is 1.00 bits per heavy atom. The summed E-state index contributed by atoms with van der Waals surface area (Å²) in [6, 6.07) is 18.0. The molecule has 0 saturated carbocycles. The SMILES string of the molecule is Nc1[nH]nc(Nc2cccc3cccnc23)c1-c1nc2ccccc2s1. The van der Waals surface area contributed by atoms with Crippen molar-refractivity contribution in [1.82, 2.24) is 20.2 Å². The highest BCUT2D eigenvalue weighted by Gasteiger charge is 2.18. The first-order chi connectivity index (χ1) is 12.8. The quantitative estimate of drug-likeness (QED) is 0.440. The third kappa shape index (κ3) is 2.37. The van der Waals surface area contributed by atoms with Crippen LogP contribution in [-0.2, 0) is 0 Å². The van der Waals surface area contributed by atoms with E-state index >= 15 is 0 Å². The van der Waals surface area contributed by atoms with E-state index in [1.165, 1.54) is 0 Å². The fraction of sp³-hybridized carbons (Fsp3) is 0. The molecule has 0 aliphatic heterocycles. The average Bonchev–Trinajstić information content (AvgIpc) is 3.25. The third-order valence-corrected chi connectivity index (χ3v) is 5.24. The molecule has 3 heterocycles. The normalized spacial score (nSPS) is 11.2. The number of para-hydroxylation sites is 2.